The molecule has 6 N–H and O–H groups in total. The summed E-state index contributed by atoms with van der Waals surface area (Å²) in [5, 5.41) is 17.9. The SMILES string of the molecule is COc1ccc(C(=O)Nc2ccc(CNc3ccc(-c4nc5cc(CC(=O)N[C@@H](CCCCN)C(=O)O)ccc5o4)cc3F)cc2)cc1Br. The Bertz CT molecular complexity index is 1970. The first-order valence-electron chi connectivity index (χ1n) is 15.5. The molecule has 5 aromatic rings. The number of hydrogen-bond acceptors (Lipinski definition) is 8. The Morgan fingerprint density at radius 1 is 1.00 bits per heavy atom. The molecule has 2 amide bonds. The number of carboxylic acids is 1. The van der Waals surface area contributed by atoms with Gasteiger partial charge in [-0.25, -0.2) is 14.2 Å². The largest absolute Gasteiger partial charge is 0.496 e. The molecule has 5 rings (SSSR count). The molecule has 0 spiro atoms. The molecule has 11 nitrogen and oxygen atoms in total. The van der Waals surface area contributed by atoms with Gasteiger partial charge in [0.15, 0.2) is 5.58 Å². The number of amides is 2. The summed E-state index contributed by atoms with van der Waals surface area (Å²) in [5.41, 5.74) is 9.74. The Morgan fingerprint density at radius 3 is 2.47 bits per heavy atom. The lowest BCUT2D eigenvalue weighted by Gasteiger charge is -2.14. The van der Waals surface area contributed by atoms with E-state index in [0.717, 1.165) is 5.56 Å². The normalized spacial score (nSPS) is 11.6. The van der Waals surface area contributed by atoms with Crippen molar-refractivity contribution in [1.82, 2.24) is 10.3 Å². The van der Waals surface area contributed by atoms with Crippen molar-refractivity contribution in [2.24, 2.45) is 5.73 Å². The van der Waals surface area contributed by atoms with Crippen molar-refractivity contribution < 1.29 is 33.0 Å². The molecule has 254 valence electrons. The molecule has 49 heavy (non-hydrogen) atoms. The quantitative estimate of drug-likeness (QED) is 0.0754. The van der Waals surface area contributed by atoms with Gasteiger partial charge in [0.1, 0.15) is 23.1 Å². The van der Waals surface area contributed by atoms with Gasteiger partial charge in [-0.2, -0.15) is 0 Å². The maximum atomic E-state index is 15.1. The summed E-state index contributed by atoms with van der Waals surface area (Å²) in [5.74, 6) is -1.43. The number of hydrogen-bond donors (Lipinski definition) is 5. The van der Waals surface area contributed by atoms with Crippen molar-refractivity contribution >= 4 is 56.2 Å². The second-order valence-corrected chi connectivity index (χ2v) is 12.1. The third-order valence-electron chi connectivity index (χ3n) is 7.72. The summed E-state index contributed by atoms with van der Waals surface area (Å²) in [4.78, 5) is 41.2. The number of anilines is 2. The number of fused-ring (bicyclic) bond motifs is 1. The summed E-state index contributed by atoms with van der Waals surface area (Å²) < 4.78 is 26.9. The van der Waals surface area contributed by atoms with Crippen molar-refractivity contribution in [3.05, 3.63) is 106 Å². The smallest absolute Gasteiger partial charge is 0.326 e. The van der Waals surface area contributed by atoms with Gasteiger partial charge in [0, 0.05) is 23.4 Å². The van der Waals surface area contributed by atoms with Crippen LogP contribution in [0.4, 0.5) is 15.8 Å². The van der Waals surface area contributed by atoms with Crippen molar-refractivity contribution in [3.8, 4) is 17.2 Å². The van der Waals surface area contributed by atoms with E-state index in [1.165, 1.54) is 6.07 Å². The summed E-state index contributed by atoms with van der Waals surface area (Å²) >= 11 is 3.39. The second-order valence-electron chi connectivity index (χ2n) is 11.3. The van der Waals surface area contributed by atoms with Gasteiger partial charge in [-0.1, -0.05) is 18.2 Å². The minimum atomic E-state index is -1.09. The molecular formula is C36H35BrFN5O6. The first-order chi connectivity index (χ1) is 23.6. The van der Waals surface area contributed by atoms with E-state index in [9.17, 15) is 19.5 Å². The number of aromatic nitrogens is 1. The van der Waals surface area contributed by atoms with Crippen LogP contribution in [-0.2, 0) is 22.6 Å². The van der Waals surface area contributed by atoms with Crippen LogP contribution >= 0.6 is 15.9 Å². The van der Waals surface area contributed by atoms with Gasteiger partial charge in [-0.05, 0) is 114 Å². The Kier molecular flexibility index (Phi) is 11.6. The fourth-order valence-electron chi connectivity index (χ4n) is 5.09. The number of nitrogens with zero attached hydrogens (tertiary/aromatic N) is 1. The second kappa shape index (κ2) is 16.2. The van der Waals surface area contributed by atoms with Crippen molar-refractivity contribution in [1.29, 1.82) is 0 Å². The molecule has 0 aliphatic rings. The number of carbonyl (C=O) groups is 3. The molecule has 13 heteroatoms. The first kappa shape index (κ1) is 35.0. The predicted molar refractivity (Wildman–Crippen MR) is 188 cm³/mol. The number of methoxy groups -OCH3 is 1. The van der Waals surface area contributed by atoms with Crippen LogP contribution in [0.3, 0.4) is 0 Å². The zero-order valence-corrected chi connectivity index (χ0v) is 28.2. The van der Waals surface area contributed by atoms with E-state index < -0.39 is 23.7 Å². The number of rotatable bonds is 15. The zero-order valence-electron chi connectivity index (χ0n) is 26.6. The highest BCUT2D eigenvalue weighted by molar-refractivity contribution is 9.10. The van der Waals surface area contributed by atoms with E-state index in [0.29, 0.717) is 81.7 Å². The number of oxazole rings is 1. The van der Waals surface area contributed by atoms with E-state index in [1.54, 1.807) is 67.8 Å². The number of unbranched alkanes of at least 4 members (excludes halogenated alkanes) is 1. The Labute approximate surface area is 290 Å². The molecule has 0 unspecified atom stereocenters. The van der Waals surface area contributed by atoms with Crippen LogP contribution in [0.25, 0.3) is 22.6 Å². The summed E-state index contributed by atoms with van der Waals surface area (Å²) in [6.07, 6.45) is 1.54. The standard InChI is InChI=1S/C36H35BrFN5O6/c1-48-31-14-9-23(18-26(31)37)34(45)41-25-10-5-21(6-11-25)20-40-28-12-8-24(19-27(28)38)35-43-30-16-22(7-13-32(30)49-35)17-33(44)42-29(36(46)47)4-2-3-15-39/h5-14,16,18-19,29,40H,2-4,15,17,20,39H2,1H3,(H,41,45)(H,42,44)(H,46,47)/t29-/m0/s1. The summed E-state index contributed by atoms with van der Waals surface area (Å²) in [6, 6.07) is 21.0. The first-order valence-corrected chi connectivity index (χ1v) is 16.3. The topological polar surface area (TPSA) is 169 Å². The van der Waals surface area contributed by atoms with Crippen LogP contribution in [0.1, 0.15) is 40.7 Å². The van der Waals surface area contributed by atoms with E-state index in [1.807, 2.05) is 12.1 Å². The fraction of sp³-hybridized carbons (Fsp3) is 0.222. The van der Waals surface area contributed by atoms with Crippen LogP contribution in [0, 0.1) is 5.82 Å². The van der Waals surface area contributed by atoms with Crippen molar-refractivity contribution in [2.45, 2.75) is 38.3 Å². The van der Waals surface area contributed by atoms with Gasteiger partial charge < -0.3 is 35.9 Å². The molecule has 1 heterocycles. The van der Waals surface area contributed by atoms with Crippen LogP contribution in [0.5, 0.6) is 5.75 Å². The number of halogens is 2. The highest BCUT2D eigenvalue weighted by atomic mass is 79.9. The lowest BCUT2D eigenvalue weighted by Crippen LogP contribution is -2.41. The van der Waals surface area contributed by atoms with E-state index in [2.05, 4.69) is 36.9 Å². The predicted octanol–water partition coefficient (Wildman–Crippen LogP) is 6.51. The Balaban J connectivity index is 1.17. The number of aliphatic carboxylic acids is 1. The molecule has 0 aliphatic heterocycles. The number of nitrogens with two attached hydrogens (primary N) is 1. The maximum Gasteiger partial charge on any atom is 0.326 e. The maximum absolute atomic E-state index is 15.1. The van der Waals surface area contributed by atoms with Gasteiger partial charge >= 0.3 is 5.97 Å². The number of carboxylic acid groups (broad SMARTS) is 1. The van der Waals surface area contributed by atoms with Gasteiger partial charge in [0.2, 0.25) is 11.8 Å². The third-order valence-corrected chi connectivity index (χ3v) is 8.34. The highest BCUT2D eigenvalue weighted by Gasteiger charge is 2.20. The lowest BCUT2D eigenvalue weighted by atomic mass is 10.1. The molecule has 0 fully saturated rings. The fourth-order valence-corrected chi connectivity index (χ4v) is 5.63. The van der Waals surface area contributed by atoms with Gasteiger partial charge in [0.05, 0.1) is 23.7 Å². The molecule has 1 aromatic heterocycles. The molecule has 0 saturated carbocycles. The van der Waals surface area contributed by atoms with Crippen LogP contribution in [-0.4, -0.2) is 47.6 Å². The average Bonchev–Trinajstić information content (AvgIpc) is 3.51. The number of nitrogens with one attached hydrogen (secondary N) is 3. The summed E-state index contributed by atoms with van der Waals surface area (Å²) in [6.45, 7) is 0.801. The van der Waals surface area contributed by atoms with Gasteiger partial charge in [-0.3, -0.25) is 9.59 Å². The van der Waals surface area contributed by atoms with E-state index in [-0.39, 0.29) is 18.2 Å². The molecule has 0 radical (unpaired) electrons. The van der Waals surface area contributed by atoms with Crippen LogP contribution < -0.4 is 26.4 Å². The lowest BCUT2D eigenvalue weighted by molar-refractivity contribution is -0.142. The molecule has 0 saturated heterocycles. The average molecular weight is 733 g/mol. The van der Waals surface area contributed by atoms with E-state index >= 15 is 4.39 Å². The van der Waals surface area contributed by atoms with Crippen molar-refractivity contribution in [2.75, 3.05) is 24.3 Å². The van der Waals surface area contributed by atoms with Crippen molar-refractivity contribution in [3.63, 3.8) is 0 Å². The zero-order chi connectivity index (χ0) is 34.9. The third kappa shape index (κ3) is 9.21. The summed E-state index contributed by atoms with van der Waals surface area (Å²) in [7, 11) is 1.55. The minimum Gasteiger partial charge on any atom is -0.496 e. The molecule has 0 aliphatic carbocycles. The molecular weight excluding hydrogens is 697 g/mol. The number of ether oxygens (including phenoxy) is 1. The molecule has 0 bridgehead atoms. The monoisotopic (exact) mass is 731 g/mol. The Morgan fingerprint density at radius 2 is 1.78 bits per heavy atom. The van der Waals surface area contributed by atoms with Crippen LogP contribution in [0.2, 0.25) is 0 Å². The number of carbonyl (C=O) groups excluding carboxylic acids is 2. The van der Waals surface area contributed by atoms with E-state index in [4.69, 9.17) is 14.9 Å². The molecule has 1 atom stereocenters. The number of benzene rings is 4. The minimum absolute atomic E-state index is 0.0347. The highest BCUT2D eigenvalue weighted by Crippen LogP contribution is 2.29. The van der Waals surface area contributed by atoms with Gasteiger partial charge in [0.25, 0.3) is 5.91 Å². The Hall–Kier alpha value is -5.27. The van der Waals surface area contributed by atoms with Crippen LogP contribution in [0.15, 0.2) is 87.8 Å². The molecule has 4 aromatic carbocycles. The van der Waals surface area contributed by atoms with Gasteiger partial charge in [-0.15, -0.1) is 0 Å².